The van der Waals surface area contributed by atoms with Crippen LogP contribution in [0.15, 0.2) is 35.7 Å². The molecule has 1 aromatic rings. The first-order valence-corrected chi connectivity index (χ1v) is 10.7. The summed E-state index contributed by atoms with van der Waals surface area (Å²) in [5.41, 5.74) is 0.858. The predicted molar refractivity (Wildman–Crippen MR) is 103 cm³/mol. The minimum absolute atomic E-state index is 0.0321. The zero-order chi connectivity index (χ0) is 18.6. The van der Waals surface area contributed by atoms with Crippen molar-refractivity contribution in [1.29, 1.82) is 0 Å². The summed E-state index contributed by atoms with van der Waals surface area (Å²) in [6.07, 6.45) is 4.03. The molecule has 1 amide bonds. The molecule has 1 atom stereocenters. The van der Waals surface area contributed by atoms with Gasteiger partial charge in [-0.3, -0.25) is 9.69 Å². The molecule has 142 valence electrons. The van der Waals surface area contributed by atoms with E-state index in [0.29, 0.717) is 38.6 Å². The van der Waals surface area contributed by atoms with Gasteiger partial charge in [0.25, 0.3) is 0 Å². The first-order chi connectivity index (χ1) is 12.4. The molecule has 1 N–H and O–H groups in total. The van der Waals surface area contributed by atoms with E-state index in [1.54, 1.807) is 6.08 Å². The average Bonchev–Trinajstić information content (AvgIpc) is 3.46. The van der Waals surface area contributed by atoms with E-state index in [1.807, 2.05) is 35.2 Å². The van der Waals surface area contributed by atoms with Gasteiger partial charge in [-0.15, -0.1) is 0 Å². The lowest BCUT2D eigenvalue weighted by molar-refractivity contribution is -0.123. The molecule has 1 aliphatic heterocycles. The van der Waals surface area contributed by atoms with Crippen LogP contribution in [0.5, 0.6) is 0 Å². The second-order valence-electron chi connectivity index (χ2n) is 7.13. The molecule has 1 saturated heterocycles. The van der Waals surface area contributed by atoms with Crippen molar-refractivity contribution in [2.24, 2.45) is 5.92 Å². The Balaban J connectivity index is 1.46. The highest BCUT2D eigenvalue weighted by atomic mass is 32.2. The summed E-state index contributed by atoms with van der Waals surface area (Å²) in [7, 11) is -3.43. The van der Waals surface area contributed by atoms with Crippen LogP contribution in [0.4, 0.5) is 0 Å². The van der Waals surface area contributed by atoms with Crippen LogP contribution in [-0.2, 0) is 14.8 Å². The lowest BCUT2D eigenvalue weighted by Gasteiger charge is -2.33. The Kier molecular flexibility index (Phi) is 6.11. The number of carbonyl (C=O) groups excluding carboxylic acids is 1. The minimum atomic E-state index is -3.43. The van der Waals surface area contributed by atoms with Crippen molar-refractivity contribution >= 4 is 22.0 Å². The van der Waals surface area contributed by atoms with E-state index in [1.165, 1.54) is 22.6 Å². The van der Waals surface area contributed by atoms with Crippen LogP contribution in [-0.4, -0.2) is 62.3 Å². The lowest BCUT2D eigenvalue weighted by atomic mass is 10.2. The Labute approximate surface area is 155 Å². The third kappa shape index (κ3) is 5.40. The summed E-state index contributed by atoms with van der Waals surface area (Å²) >= 11 is 0. The largest absolute Gasteiger partial charge is 0.352 e. The Morgan fingerprint density at radius 1 is 1.19 bits per heavy atom. The number of benzene rings is 1. The summed E-state index contributed by atoms with van der Waals surface area (Å²) in [6.45, 7) is 4.36. The second-order valence-corrected chi connectivity index (χ2v) is 8.95. The third-order valence-corrected chi connectivity index (χ3v) is 6.57. The molecule has 0 spiro atoms. The van der Waals surface area contributed by atoms with Gasteiger partial charge in [-0.05, 0) is 37.3 Å². The molecule has 1 unspecified atom stereocenters. The van der Waals surface area contributed by atoms with Gasteiger partial charge in [0.15, 0.2) is 0 Å². The Hall–Kier alpha value is -1.70. The fourth-order valence-electron chi connectivity index (χ4n) is 3.17. The molecule has 7 heteroatoms. The van der Waals surface area contributed by atoms with E-state index < -0.39 is 10.0 Å². The summed E-state index contributed by atoms with van der Waals surface area (Å²) < 4.78 is 26.4. The van der Waals surface area contributed by atoms with E-state index in [0.717, 1.165) is 5.56 Å². The van der Waals surface area contributed by atoms with Crippen molar-refractivity contribution in [3.05, 3.63) is 41.3 Å². The summed E-state index contributed by atoms with van der Waals surface area (Å²) in [4.78, 5) is 14.1. The van der Waals surface area contributed by atoms with Gasteiger partial charge < -0.3 is 5.32 Å². The number of hydrogen-bond donors (Lipinski definition) is 1. The fourth-order valence-corrected chi connectivity index (χ4v) is 4.35. The van der Waals surface area contributed by atoms with E-state index in [9.17, 15) is 13.2 Å². The van der Waals surface area contributed by atoms with Gasteiger partial charge in [0.1, 0.15) is 0 Å². The highest BCUT2D eigenvalue weighted by Crippen LogP contribution is 2.32. The Morgan fingerprint density at radius 3 is 2.46 bits per heavy atom. The number of carbonyl (C=O) groups is 1. The van der Waals surface area contributed by atoms with E-state index >= 15 is 0 Å². The number of nitrogens with zero attached hydrogens (tertiary/aromatic N) is 2. The molecular formula is C19H27N3O3S. The van der Waals surface area contributed by atoms with E-state index in [2.05, 4.69) is 12.2 Å². The van der Waals surface area contributed by atoms with E-state index in [4.69, 9.17) is 0 Å². The molecule has 3 rings (SSSR count). The van der Waals surface area contributed by atoms with Crippen LogP contribution in [0.3, 0.4) is 0 Å². The van der Waals surface area contributed by atoms with Crippen LogP contribution < -0.4 is 5.32 Å². The second kappa shape index (κ2) is 8.33. The van der Waals surface area contributed by atoms with E-state index in [-0.39, 0.29) is 11.9 Å². The SMILES string of the molecule is CC(NC(=O)CN1CCN(S(=O)(=O)/C=C/c2ccccc2)CC1)C1CC1. The third-order valence-electron chi connectivity index (χ3n) is 5.01. The van der Waals surface area contributed by atoms with Crippen molar-refractivity contribution in [3.8, 4) is 0 Å². The molecule has 1 saturated carbocycles. The molecule has 0 aromatic heterocycles. The van der Waals surface area contributed by atoms with Gasteiger partial charge in [-0.2, -0.15) is 4.31 Å². The topological polar surface area (TPSA) is 69.7 Å². The van der Waals surface area contributed by atoms with Gasteiger partial charge in [0.2, 0.25) is 15.9 Å². The maximum Gasteiger partial charge on any atom is 0.236 e. The summed E-state index contributed by atoms with van der Waals surface area (Å²) in [6, 6.07) is 9.62. The fraction of sp³-hybridized carbons (Fsp3) is 0.526. The van der Waals surface area contributed by atoms with Crippen LogP contribution in [0.25, 0.3) is 6.08 Å². The molecule has 0 radical (unpaired) electrons. The van der Waals surface area contributed by atoms with Gasteiger partial charge in [-0.1, -0.05) is 30.3 Å². The maximum atomic E-state index is 12.5. The zero-order valence-electron chi connectivity index (χ0n) is 15.2. The van der Waals surface area contributed by atoms with Crippen LogP contribution >= 0.6 is 0 Å². The first-order valence-electron chi connectivity index (χ1n) is 9.19. The summed E-state index contributed by atoms with van der Waals surface area (Å²) in [5.74, 6) is 0.669. The number of hydrogen-bond acceptors (Lipinski definition) is 4. The standard InChI is InChI=1S/C19H27N3O3S/c1-16(18-7-8-18)20-19(23)15-21-10-12-22(13-11-21)26(24,25)14-9-17-5-3-2-4-6-17/h2-6,9,14,16,18H,7-8,10-13,15H2,1H3,(H,20,23)/b14-9+. The van der Waals surface area contributed by atoms with Crippen molar-refractivity contribution in [2.75, 3.05) is 32.7 Å². The average molecular weight is 378 g/mol. The Bertz CT molecular complexity index is 737. The molecule has 0 bridgehead atoms. The van der Waals surface area contributed by atoms with Gasteiger partial charge in [-0.25, -0.2) is 8.42 Å². The van der Waals surface area contributed by atoms with Gasteiger partial charge >= 0.3 is 0 Å². The predicted octanol–water partition coefficient (Wildman–Crippen LogP) is 1.52. The first kappa shape index (κ1) is 19.1. The van der Waals surface area contributed by atoms with Crippen LogP contribution in [0.2, 0.25) is 0 Å². The maximum absolute atomic E-state index is 12.5. The molecular weight excluding hydrogens is 350 g/mol. The van der Waals surface area contributed by atoms with Crippen molar-refractivity contribution in [3.63, 3.8) is 0 Å². The van der Waals surface area contributed by atoms with Crippen molar-refractivity contribution in [2.45, 2.75) is 25.8 Å². The molecule has 6 nitrogen and oxygen atoms in total. The van der Waals surface area contributed by atoms with Crippen molar-refractivity contribution < 1.29 is 13.2 Å². The van der Waals surface area contributed by atoms with Crippen LogP contribution in [0, 0.1) is 5.92 Å². The molecule has 1 heterocycles. The number of nitrogens with one attached hydrogen (secondary N) is 1. The Morgan fingerprint density at radius 2 is 1.85 bits per heavy atom. The highest BCUT2D eigenvalue weighted by Gasteiger charge is 2.30. The smallest absolute Gasteiger partial charge is 0.236 e. The zero-order valence-corrected chi connectivity index (χ0v) is 16.0. The minimum Gasteiger partial charge on any atom is -0.352 e. The van der Waals surface area contributed by atoms with Gasteiger partial charge in [0.05, 0.1) is 6.54 Å². The monoisotopic (exact) mass is 377 g/mol. The molecule has 1 aliphatic carbocycles. The molecule has 2 fully saturated rings. The quantitative estimate of drug-likeness (QED) is 0.782. The number of amides is 1. The number of rotatable bonds is 7. The lowest BCUT2D eigenvalue weighted by Crippen LogP contribution is -2.51. The molecule has 26 heavy (non-hydrogen) atoms. The number of piperazine rings is 1. The van der Waals surface area contributed by atoms with Crippen molar-refractivity contribution in [1.82, 2.24) is 14.5 Å². The molecule has 2 aliphatic rings. The van der Waals surface area contributed by atoms with Crippen LogP contribution in [0.1, 0.15) is 25.3 Å². The highest BCUT2D eigenvalue weighted by molar-refractivity contribution is 7.92. The van der Waals surface area contributed by atoms with Gasteiger partial charge in [0, 0.05) is 37.6 Å². The normalized spacial score (nSPS) is 21.0. The molecule has 1 aromatic carbocycles. The number of sulfonamides is 1. The summed E-state index contributed by atoms with van der Waals surface area (Å²) in [5, 5.41) is 4.31.